The van der Waals surface area contributed by atoms with Crippen LogP contribution in [0.4, 0.5) is 0 Å². The third kappa shape index (κ3) is 1.02. The number of aliphatic imine (C=N–C) groups is 1. The number of allylic oxidation sites excluding steroid dienone is 2. The van der Waals surface area contributed by atoms with Crippen molar-refractivity contribution >= 4 is 17.6 Å². The Morgan fingerprint density at radius 3 is 3.11 bits per heavy atom. The number of Topliss-reactive ketones (excluding diaryl/α,β-unsaturated/α-hetero) is 1. The Hall–Kier alpha value is -2.03. The van der Waals surface area contributed by atoms with Crippen LogP contribution < -0.4 is 0 Å². The fourth-order valence-corrected chi connectivity index (χ4v) is 3.25. The van der Waals surface area contributed by atoms with Crippen LogP contribution in [0.3, 0.4) is 0 Å². The van der Waals surface area contributed by atoms with Crippen LogP contribution in [0.25, 0.3) is 6.08 Å². The second-order valence-electron chi connectivity index (χ2n) is 5.07. The zero-order valence-corrected chi connectivity index (χ0v) is 9.84. The Balaban J connectivity index is 1.98. The molecule has 0 saturated heterocycles. The van der Waals surface area contributed by atoms with E-state index in [2.05, 4.69) is 16.1 Å². The van der Waals surface area contributed by atoms with Gasteiger partial charge in [-0.2, -0.15) is 0 Å². The topological polar surface area (TPSA) is 42.3 Å². The van der Waals surface area contributed by atoms with Crippen molar-refractivity contribution in [3.8, 4) is 0 Å². The summed E-state index contributed by atoms with van der Waals surface area (Å²) in [6.07, 6.45) is 11.5. The van der Waals surface area contributed by atoms with E-state index in [1.165, 1.54) is 0 Å². The number of rotatable bonds is 0. The number of hydrogen-bond donors (Lipinski definition) is 0. The Morgan fingerprint density at radius 1 is 1.33 bits per heavy atom. The van der Waals surface area contributed by atoms with Gasteiger partial charge < -0.3 is 0 Å². The number of aromatic nitrogens is 1. The van der Waals surface area contributed by atoms with Gasteiger partial charge >= 0.3 is 0 Å². The summed E-state index contributed by atoms with van der Waals surface area (Å²) in [5, 5.41) is 0. The Kier molecular flexibility index (Phi) is 1.80. The maximum Gasteiger partial charge on any atom is 0.177 e. The standard InChI is InChI=1S/C15H12N2O/c18-14-11-2-1-8-16-12(11)3-4-13-15(14)7-5-10(15)6-9-17-13/h1-4,6,8-10H,5,7H2. The molecule has 1 aliphatic heterocycles. The SMILES string of the molecule is O=C1c2cccnc2C=CC2=NC=CC3CCC123. The lowest BCUT2D eigenvalue weighted by Gasteiger charge is -2.48. The van der Waals surface area contributed by atoms with Gasteiger partial charge in [0.25, 0.3) is 0 Å². The molecule has 0 radical (unpaired) electrons. The highest BCUT2D eigenvalue weighted by molar-refractivity contribution is 6.24. The smallest absolute Gasteiger partial charge is 0.177 e. The van der Waals surface area contributed by atoms with Crippen molar-refractivity contribution in [1.82, 2.24) is 4.98 Å². The van der Waals surface area contributed by atoms with Gasteiger partial charge in [0.1, 0.15) is 0 Å². The van der Waals surface area contributed by atoms with E-state index in [1.54, 1.807) is 6.20 Å². The van der Waals surface area contributed by atoms with Crippen LogP contribution in [-0.4, -0.2) is 16.5 Å². The van der Waals surface area contributed by atoms with Crippen LogP contribution >= 0.6 is 0 Å². The number of carbonyl (C=O) groups is 1. The average molecular weight is 236 g/mol. The summed E-state index contributed by atoms with van der Waals surface area (Å²) in [6.45, 7) is 0. The fourth-order valence-electron chi connectivity index (χ4n) is 3.25. The van der Waals surface area contributed by atoms with Crippen molar-refractivity contribution < 1.29 is 4.79 Å². The fraction of sp³-hybridized carbons (Fsp3) is 0.267. The van der Waals surface area contributed by atoms with Gasteiger partial charge in [0.15, 0.2) is 5.78 Å². The molecule has 0 N–H and O–H groups in total. The summed E-state index contributed by atoms with van der Waals surface area (Å²) in [7, 11) is 0. The van der Waals surface area contributed by atoms with E-state index in [0.717, 1.165) is 29.8 Å². The Labute approximate surface area is 105 Å². The summed E-state index contributed by atoms with van der Waals surface area (Å²) < 4.78 is 0. The van der Waals surface area contributed by atoms with Crippen molar-refractivity contribution in [2.24, 2.45) is 16.3 Å². The summed E-state index contributed by atoms with van der Waals surface area (Å²) in [4.78, 5) is 21.6. The van der Waals surface area contributed by atoms with Crippen LogP contribution in [0, 0.1) is 11.3 Å². The molecule has 2 aliphatic carbocycles. The first-order valence-corrected chi connectivity index (χ1v) is 6.25. The molecule has 2 atom stereocenters. The highest BCUT2D eigenvalue weighted by atomic mass is 16.1. The zero-order chi connectivity index (χ0) is 12.2. The largest absolute Gasteiger partial charge is 0.293 e. The van der Waals surface area contributed by atoms with Crippen LogP contribution in [0.5, 0.6) is 0 Å². The molecule has 3 heteroatoms. The van der Waals surface area contributed by atoms with E-state index in [4.69, 9.17) is 0 Å². The van der Waals surface area contributed by atoms with Crippen molar-refractivity contribution in [3.63, 3.8) is 0 Å². The molecule has 2 unspecified atom stereocenters. The van der Waals surface area contributed by atoms with Crippen LogP contribution in [-0.2, 0) is 0 Å². The first-order chi connectivity index (χ1) is 8.82. The molecule has 1 saturated carbocycles. The summed E-state index contributed by atoms with van der Waals surface area (Å²) in [6, 6.07) is 3.70. The Bertz CT molecular complexity index is 642. The van der Waals surface area contributed by atoms with Gasteiger partial charge in [0.05, 0.1) is 16.8 Å². The van der Waals surface area contributed by atoms with E-state index in [9.17, 15) is 4.79 Å². The number of ketones is 1. The van der Waals surface area contributed by atoms with E-state index >= 15 is 0 Å². The lowest BCUT2D eigenvalue weighted by molar-refractivity contribution is 0.0665. The second-order valence-corrected chi connectivity index (χ2v) is 5.07. The molecule has 0 bridgehead atoms. The highest BCUT2D eigenvalue weighted by Gasteiger charge is 2.56. The minimum atomic E-state index is -0.403. The van der Waals surface area contributed by atoms with Crippen molar-refractivity contribution in [3.05, 3.63) is 47.9 Å². The van der Waals surface area contributed by atoms with Crippen molar-refractivity contribution in [1.29, 1.82) is 0 Å². The van der Waals surface area contributed by atoms with Crippen molar-refractivity contribution in [2.45, 2.75) is 12.8 Å². The molecule has 2 heterocycles. The number of fused-ring (bicyclic) bond motifs is 1. The monoisotopic (exact) mass is 236 g/mol. The molecule has 1 aromatic rings. The molecule has 1 fully saturated rings. The molecule has 88 valence electrons. The minimum absolute atomic E-state index is 0.190. The normalized spacial score (nSPS) is 31.7. The third-order valence-electron chi connectivity index (χ3n) is 4.36. The third-order valence-corrected chi connectivity index (χ3v) is 4.36. The first-order valence-electron chi connectivity index (χ1n) is 6.25. The molecule has 18 heavy (non-hydrogen) atoms. The second kappa shape index (κ2) is 3.25. The average Bonchev–Trinajstić information content (AvgIpc) is 2.50. The zero-order valence-electron chi connectivity index (χ0n) is 9.84. The molecule has 0 aromatic carbocycles. The molecule has 1 aromatic heterocycles. The quantitative estimate of drug-likeness (QED) is 0.695. The number of pyridine rings is 1. The Morgan fingerprint density at radius 2 is 2.28 bits per heavy atom. The van der Waals surface area contributed by atoms with Gasteiger partial charge in [0, 0.05) is 18.0 Å². The molecule has 3 nitrogen and oxygen atoms in total. The maximum absolute atomic E-state index is 12.9. The molecule has 0 amide bonds. The number of nitrogens with zero attached hydrogens (tertiary/aromatic N) is 2. The molecular weight excluding hydrogens is 224 g/mol. The first kappa shape index (κ1) is 9.95. The van der Waals surface area contributed by atoms with Crippen molar-refractivity contribution in [2.75, 3.05) is 0 Å². The molecule has 1 spiro atoms. The van der Waals surface area contributed by atoms with Gasteiger partial charge in [-0.05, 0) is 43.0 Å². The van der Waals surface area contributed by atoms with E-state index < -0.39 is 5.41 Å². The van der Waals surface area contributed by atoms with Crippen LogP contribution in [0.2, 0.25) is 0 Å². The summed E-state index contributed by atoms with van der Waals surface area (Å²) in [5.74, 6) is 0.503. The molecule has 3 aliphatic rings. The van der Waals surface area contributed by atoms with E-state index in [0.29, 0.717) is 5.92 Å². The highest BCUT2D eigenvalue weighted by Crippen LogP contribution is 2.53. The predicted octanol–water partition coefficient (Wildman–Crippen LogP) is 2.66. The van der Waals surface area contributed by atoms with E-state index in [-0.39, 0.29) is 5.78 Å². The van der Waals surface area contributed by atoms with Crippen LogP contribution in [0.1, 0.15) is 28.9 Å². The molecular formula is C15H12N2O. The maximum atomic E-state index is 12.9. The minimum Gasteiger partial charge on any atom is -0.293 e. The van der Waals surface area contributed by atoms with Crippen LogP contribution in [0.15, 0.2) is 41.7 Å². The van der Waals surface area contributed by atoms with Gasteiger partial charge in [-0.25, -0.2) is 0 Å². The number of carbonyl (C=O) groups excluding carboxylic acids is 1. The van der Waals surface area contributed by atoms with Gasteiger partial charge in [0.2, 0.25) is 0 Å². The van der Waals surface area contributed by atoms with Gasteiger partial charge in [-0.3, -0.25) is 14.8 Å². The summed E-state index contributed by atoms with van der Waals surface area (Å²) in [5.41, 5.74) is 2.00. The summed E-state index contributed by atoms with van der Waals surface area (Å²) >= 11 is 0. The lowest BCUT2D eigenvalue weighted by atomic mass is 9.54. The predicted molar refractivity (Wildman–Crippen MR) is 69.3 cm³/mol. The lowest BCUT2D eigenvalue weighted by Crippen LogP contribution is -2.52. The molecule has 4 rings (SSSR count). The van der Waals surface area contributed by atoms with Gasteiger partial charge in [-0.1, -0.05) is 6.08 Å². The number of hydrogen-bond acceptors (Lipinski definition) is 3. The van der Waals surface area contributed by atoms with E-state index in [1.807, 2.05) is 30.5 Å². The van der Waals surface area contributed by atoms with Gasteiger partial charge in [-0.15, -0.1) is 0 Å².